The minimum absolute atomic E-state index is 0.00341. The van der Waals surface area contributed by atoms with Crippen molar-refractivity contribution < 1.29 is 32.7 Å². The van der Waals surface area contributed by atoms with E-state index >= 15 is 0 Å². The predicted molar refractivity (Wildman–Crippen MR) is 181 cm³/mol. The average Bonchev–Trinajstić information content (AvgIpc) is 3.55. The van der Waals surface area contributed by atoms with E-state index in [2.05, 4.69) is 16.5 Å². The smallest absolute Gasteiger partial charge is 0.410 e. The zero-order chi connectivity index (χ0) is 33.2. The largest absolute Gasteiger partial charge is 0.493 e. The van der Waals surface area contributed by atoms with Crippen LogP contribution >= 0.6 is 11.6 Å². The van der Waals surface area contributed by atoms with Gasteiger partial charge in [-0.15, -0.1) is 0 Å². The molecule has 2 amide bonds. The van der Waals surface area contributed by atoms with E-state index in [1.165, 1.54) is 0 Å². The first-order valence-electron chi connectivity index (χ1n) is 16.5. The SMILES string of the molecule is CCC1CCN2C[C@@]3(CCOc4cc(Cl)ccc43)COc3ccc(cc32)S(=O)NC(=O)C(C)(C)OC/C=C/C1OC(=O)N1CCCC1. The van der Waals surface area contributed by atoms with Crippen LogP contribution in [0.4, 0.5) is 10.5 Å². The fourth-order valence-electron chi connectivity index (χ4n) is 6.84. The van der Waals surface area contributed by atoms with Crippen LogP contribution in [0.5, 0.6) is 11.5 Å². The third-order valence-electron chi connectivity index (χ3n) is 9.79. The number of likely N-dealkylation sites (tertiary alicyclic amines) is 1. The van der Waals surface area contributed by atoms with Crippen molar-refractivity contribution in [2.24, 2.45) is 5.92 Å². The van der Waals surface area contributed by atoms with E-state index < -0.39 is 34.0 Å². The Morgan fingerprint density at radius 3 is 2.70 bits per heavy atom. The zero-order valence-corrected chi connectivity index (χ0v) is 28.9. The zero-order valence-electron chi connectivity index (χ0n) is 27.3. The molecular formula is C35H44ClN3O7S. The Hall–Kier alpha value is -3.28. The van der Waals surface area contributed by atoms with E-state index in [1.807, 2.05) is 42.5 Å². The number of carbonyl (C=O) groups is 2. The van der Waals surface area contributed by atoms with E-state index in [0.29, 0.717) is 61.5 Å². The van der Waals surface area contributed by atoms with Crippen LogP contribution in [-0.4, -0.2) is 78.8 Å². The molecule has 4 aliphatic heterocycles. The Morgan fingerprint density at radius 2 is 1.91 bits per heavy atom. The third kappa shape index (κ3) is 7.27. The van der Waals surface area contributed by atoms with E-state index in [9.17, 15) is 13.8 Å². The van der Waals surface area contributed by atoms with Crippen LogP contribution in [0.1, 0.15) is 58.4 Å². The number of fused-ring (bicyclic) bond motifs is 3. The van der Waals surface area contributed by atoms with E-state index in [-0.39, 0.29) is 18.6 Å². The fraction of sp³-hybridized carbons (Fsp3) is 0.543. The summed E-state index contributed by atoms with van der Waals surface area (Å²) in [4.78, 5) is 30.9. The number of hydrogen-bond donors (Lipinski definition) is 1. The summed E-state index contributed by atoms with van der Waals surface area (Å²) >= 11 is 6.35. The lowest BCUT2D eigenvalue weighted by molar-refractivity contribution is -0.139. The van der Waals surface area contributed by atoms with Crippen LogP contribution in [-0.2, 0) is 30.7 Å². The number of anilines is 1. The van der Waals surface area contributed by atoms with Gasteiger partial charge in [-0.25, -0.2) is 9.00 Å². The fourth-order valence-corrected chi connectivity index (χ4v) is 7.94. The highest BCUT2D eigenvalue weighted by atomic mass is 35.5. The molecule has 2 aromatic rings. The predicted octanol–water partition coefficient (Wildman–Crippen LogP) is 5.78. The first-order chi connectivity index (χ1) is 22.6. The van der Waals surface area contributed by atoms with Gasteiger partial charge in [0.1, 0.15) is 23.2 Å². The highest BCUT2D eigenvalue weighted by Crippen LogP contribution is 2.46. The van der Waals surface area contributed by atoms with E-state index in [0.717, 1.165) is 42.7 Å². The van der Waals surface area contributed by atoms with Crippen LogP contribution in [0, 0.1) is 5.92 Å². The topological polar surface area (TPSA) is 107 Å². The van der Waals surface area contributed by atoms with E-state index in [4.69, 9.17) is 30.5 Å². The number of carbonyl (C=O) groups excluding carboxylic acids is 2. The second kappa shape index (κ2) is 14.1. The molecule has 10 nitrogen and oxygen atoms in total. The molecule has 4 heterocycles. The van der Waals surface area contributed by atoms with Crippen molar-refractivity contribution in [3.05, 3.63) is 59.1 Å². The molecule has 2 aromatic carbocycles. The molecule has 2 bridgehead atoms. The van der Waals surface area contributed by atoms with Crippen molar-refractivity contribution in [2.75, 3.05) is 50.9 Å². The van der Waals surface area contributed by atoms with Gasteiger partial charge in [0.25, 0.3) is 5.91 Å². The summed E-state index contributed by atoms with van der Waals surface area (Å²) in [6.07, 6.45) is 7.09. The van der Waals surface area contributed by atoms with Crippen LogP contribution in [0.2, 0.25) is 5.02 Å². The highest BCUT2D eigenvalue weighted by molar-refractivity contribution is 7.83. The number of ether oxygens (including phenoxy) is 4. The maximum absolute atomic E-state index is 13.5. The first kappa shape index (κ1) is 33.6. The number of nitrogens with one attached hydrogen (secondary N) is 1. The van der Waals surface area contributed by atoms with Crippen molar-refractivity contribution in [1.82, 2.24) is 9.62 Å². The molecule has 1 spiro atoms. The third-order valence-corrected chi connectivity index (χ3v) is 11.1. The molecule has 6 rings (SSSR count). The maximum atomic E-state index is 13.5. The van der Waals surface area contributed by atoms with Crippen molar-refractivity contribution in [3.63, 3.8) is 0 Å². The number of halogens is 1. The Kier molecular flexibility index (Phi) is 10.1. The quantitative estimate of drug-likeness (QED) is 0.397. The van der Waals surface area contributed by atoms with Gasteiger partial charge in [-0.3, -0.25) is 9.52 Å². The summed E-state index contributed by atoms with van der Waals surface area (Å²) in [7, 11) is -1.83. The second-order valence-electron chi connectivity index (χ2n) is 13.3. The summed E-state index contributed by atoms with van der Waals surface area (Å²) in [5.41, 5.74) is 0.187. The molecule has 4 atom stereocenters. The lowest BCUT2D eigenvalue weighted by Crippen LogP contribution is -2.47. The maximum Gasteiger partial charge on any atom is 0.410 e. The molecule has 0 saturated carbocycles. The van der Waals surface area contributed by atoms with Gasteiger partial charge in [0, 0.05) is 42.7 Å². The summed E-state index contributed by atoms with van der Waals surface area (Å²) in [5.74, 6) is 0.932. The Balaban J connectivity index is 1.38. The number of hydrogen-bond acceptors (Lipinski definition) is 8. The van der Waals surface area contributed by atoms with Gasteiger partial charge in [-0.2, -0.15) is 0 Å². The Labute approximate surface area is 284 Å². The number of nitrogens with zero attached hydrogens (tertiary/aromatic N) is 2. The molecule has 1 fully saturated rings. The second-order valence-corrected chi connectivity index (χ2v) is 15.0. The molecule has 47 heavy (non-hydrogen) atoms. The number of rotatable bonds is 2. The summed E-state index contributed by atoms with van der Waals surface area (Å²) in [5, 5.41) is 0.611. The van der Waals surface area contributed by atoms with Gasteiger partial charge in [-0.1, -0.05) is 30.7 Å². The van der Waals surface area contributed by atoms with Crippen LogP contribution in [0.15, 0.2) is 53.4 Å². The standard InChI is InChI=1S/C35H44ClN3O7S/c1-4-24-13-17-39-22-35(14-19-43-31-20-25(36)9-11-27(31)35)23-44-30-12-10-26(21-28(30)39)47(42)37-32(40)34(2,3)45-18-7-8-29(24)46-33(41)38-15-5-6-16-38/h7-12,20-21,24,29H,4-6,13-19,22-23H2,1-3H3,(H,37,40)/b8-7+/t24?,29?,35-,47?/m0/s1. The van der Waals surface area contributed by atoms with Gasteiger partial charge in [-0.05, 0) is 82.4 Å². The van der Waals surface area contributed by atoms with Crippen LogP contribution in [0.25, 0.3) is 0 Å². The first-order valence-corrected chi connectivity index (χ1v) is 18.0. The van der Waals surface area contributed by atoms with Gasteiger partial charge >= 0.3 is 6.09 Å². The number of amides is 2. The van der Waals surface area contributed by atoms with Crippen molar-refractivity contribution in [3.8, 4) is 11.5 Å². The van der Waals surface area contributed by atoms with Gasteiger partial charge in [0.15, 0.2) is 11.0 Å². The molecular weight excluding hydrogens is 642 g/mol. The Bertz CT molecular complexity index is 1550. The summed E-state index contributed by atoms with van der Waals surface area (Å²) in [6.45, 7) is 9.10. The molecule has 12 heteroatoms. The molecule has 1 N–H and O–H groups in total. The van der Waals surface area contributed by atoms with Gasteiger partial charge < -0.3 is 28.7 Å². The molecule has 0 aliphatic carbocycles. The average molecular weight is 686 g/mol. The normalized spacial score (nSPS) is 28.3. The summed E-state index contributed by atoms with van der Waals surface area (Å²) in [6, 6.07) is 11.2. The monoisotopic (exact) mass is 685 g/mol. The van der Waals surface area contributed by atoms with Gasteiger partial charge in [0.2, 0.25) is 0 Å². The lowest BCUT2D eigenvalue weighted by Gasteiger charge is -2.40. The molecule has 0 radical (unpaired) electrons. The van der Waals surface area contributed by atoms with Crippen LogP contribution < -0.4 is 19.1 Å². The summed E-state index contributed by atoms with van der Waals surface area (Å²) < 4.78 is 40.8. The lowest BCUT2D eigenvalue weighted by atomic mass is 9.76. The molecule has 3 unspecified atom stereocenters. The van der Waals surface area contributed by atoms with Gasteiger partial charge in [0.05, 0.1) is 35.8 Å². The van der Waals surface area contributed by atoms with Crippen LogP contribution in [0.3, 0.4) is 0 Å². The molecule has 0 aromatic heterocycles. The molecule has 254 valence electrons. The highest BCUT2D eigenvalue weighted by Gasteiger charge is 2.43. The van der Waals surface area contributed by atoms with E-state index in [1.54, 1.807) is 24.8 Å². The Morgan fingerprint density at radius 1 is 1.11 bits per heavy atom. The van der Waals surface area contributed by atoms with Crippen molar-refractivity contribution in [2.45, 2.75) is 74.9 Å². The molecule has 1 saturated heterocycles. The van der Waals surface area contributed by atoms with Crippen molar-refractivity contribution in [1.29, 1.82) is 0 Å². The minimum Gasteiger partial charge on any atom is -0.493 e. The number of benzene rings is 2. The minimum atomic E-state index is -1.83. The van der Waals surface area contributed by atoms with Crippen molar-refractivity contribution >= 4 is 40.3 Å². The molecule has 4 aliphatic rings.